The Morgan fingerprint density at radius 3 is 2.16 bits per heavy atom. The minimum atomic E-state index is -0.495. The number of fused-ring (bicyclic) bond motifs is 2. The Kier molecular flexibility index (Phi) is 6.56. The third kappa shape index (κ3) is 4.57. The lowest BCUT2D eigenvalue weighted by Crippen LogP contribution is -2.22. The molecule has 0 fully saturated rings. The summed E-state index contributed by atoms with van der Waals surface area (Å²) in [5.74, 6) is -1.40. The summed E-state index contributed by atoms with van der Waals surface area (Å²) in [6.07, 6.45) is 4.45. The maximum atomic E-state index is 13.3. The van der Waals surface area contributed by atoms with E-state index in [0.29, 0.717) is 34.4 Å². The molecular formula is C28H28N6O4. The molecule has 5 N–H and O–H groups in total. The maximum Gasteiger partial charge on any atom is 0.259 e. The number of amides is 4. The van der Waals surface area contributed by atoms with E-state index >= 15 is 0 Å². The van der Waals surface area contributed by atoms with Crippen LogP contribution in [0.1, 0.15) is 31.4 Å². The summed E-state index contributed by atoms with van der Waals surface area (Å²) in [7, 11) is 1.89. The molecule has 38 heavy (non-hydrogen) atoms. The van der Waals surface area contributed by atoms with Crippen LogP contribution < -0.4 is 21.3 Å². The van der Waals surface area contributed by atoms with Crippen molar-refractivity contribution in [2.75, 3.05) is 24.2 Å². The number of nitrogens with zero attached hydrogens (tertiary/aromatic N) is 1. The van der Waals surface area contributed by atoms with Gasteiger partial charge in [-0.05, 0) is 56.4 Å². The van der Waals surface area contributed by atoms with E-state index < -0.39 is 11.8 Å². The minimum Gasteiger partial charge on any atom is -0.361 e. The molecule has 10 heteroatoms. The molecule has 4 aromatic rings. The molecule has 1 aliphatic rings. The van der Waals surface area contributed by atoms with Crippen LogP contribution in [0.2, 0.25) is 0 Å². The number of aromatic amines is 1. The molecule has 0 unspecified atom stereocenters. The molecule has 1 aliphatic heterocycles. The number of hydrogen-bond donors (Lipinski definition) is 5. The van der Waals surface area contributed by atoms with Gasteiger partial charge in [-0.15, -0.1) is 0 Å². The molecule has 0 atom stereocenters. The van der Waals surface area contributed by atoms with Crippen molar-refractivity contribution in [3.63, 3.8) is 0 Å². The molecule has 0 bridgehead atoms. The van der Waals surface area contributed by atoms with Crippen molar-refractivity contribution in [2.24, 2.45) is 0 Å². The number of rotatable bonds is 8. The highest BCUT2D eigenvalue weighted by Gasteiger charge is 2.35. The quantitative estimate of drug-likeness (QED) is 0.182. The molecule has 10 nitrogen and oxygen atoms in total. The number of aromatic nitrogens is 2. The average molecular weight is 513 g/mol. The maximum absolute atomic E-state index is 13.3. The lowest BCUT2D eigenvalue weighted by molar-refractivity contribution is -0.123. The molecule has 0 saturated heterocycles. The normalized spacial score (nSPS) is 13.4. The van der Waals surface area contributed by atoms with Crippen molar-refractivity contribution in [2.45, 2.75) is 26.8 Å². The van der Waals surface area contributed by atoms with E-state index in [1.165, 1.54) is 13.8 Å². The van der Waals surface area contributed by atoms with Crippen LogP contribution in [0.15, 0.2) is 48.8 Å². The van der Waals surface area contributed by atoms with E-state index in [0.717, 1.165) is 29.4 Å². The zero-order valence-corrected chi connectivity index (χ0v) is 21.3. The highest BCUT2D eigenvalue weighted by molar-refractivity contribution is 6.50. The zero-order chi connectivity index (χ0) is 27.0. The smallest absolute Gasteiger partial charge is 0.259 e. The van der Waals surface area contributed by atoms with E-state index in [1.54, 1.807) is 18.3 Å². The summed E-state index contributed by atoms with van der Waals surface area (Å²) in [6, 6.07) is 10.9. The van der Waals surface area contributed by atoms with E-state index in [-0.39, 0.29) is 23.0 Å². The van der Waals surface area contributed by atoms with Crippen molar-refractivity contribution in [1.82, 2.24) is 20.2 Å². The van der Waals surface area contributed by atoms with Gasteiger partial charge in [0, 0.05) is 77.1 Å². The topological polar surface area (TPSA) is 137 Å². The van der Waals surface area contributed by atoms with Crippen molar-refractivity contribution >= 4 is 68.0 Å². The Hall–Kier alpha value is -4.70. The first-order valence-electron chi connectivity index (χ1n) is 12.3. The minimum absolute atomic E-state index is 0.207. The van der Waals surface area contributed by atoms with Gasteiger partial charge in [0.05, 0.1) is 11.1 Å². The Morgan fingerprint density at radius 1 is 0.868 bits per heavy atom. The first-order chi connectivity index (χ1) is 18.3. The van der Waals surface area contributed by atoms with Gasteiger partial charge in [-0.25, -0.2) is 0 Å². The Balaban J connectivity index is 1.73. The second kappa shape index (κ2) is 9.98. The van der Waals surface area contributed by atoms with Crippen LogP contribution in [0.25, 0.3) is 33.0 Å². The molecule has 194 valence electrons. The summed E-state index contributed by atoms with van der Waals surface area (Å²) < 4.78 is 2.06. The molecular weight excluding hydrogens is 484 g/mol. The van der Waals surface area contributed by atoms with Crippen LogP contribution in [0.3, 0.4) is 0 Å². The van der Waals surface area contributed by atoms with Gasteiger partial charge in [0.1, 0.15) is 0 Å². The number of anilines is 2. The molecule has 4 amide bonds. The number of hydrogen-bond acceptors (Lipinski definition) is 5. The van der Waals surface area contributed by atoms with Crippen molar-refractivity contribution in [3.8, 4) is 0 Å². The molecule has 3 heterocycles. The van der Waals surface area contributed by atoms with E-state index in [1.807, 2.05) is 37.5 Å². The van der Waals surface area contributed by atoms with Gasteiger partial charge in [0.25, 0.3) is 11.8 Å². The van der Waals surface area contributed by atoms with Crippen molar-refractivity contribution < 1.29 is 19.2 Å². The second-order valence-electron chi connectivity index (χ2n) is 9.28. The van der Waals surface area contributed by atoms with Gasteiger partial charge < -0.3 is 25.5 Å². The van der Waals surface area contributed by atoms with Gasteiger partial charge >= 0.3 is 0 Å². The summed E-state index contributed by atoms with van der Waals surface area (Å²) in [6.45, 7) is 4.37. The fourth-order valence-electron chi connectivity index (χ4n) is 4.97. The predicted octanol–water partition coefficient (Wildman–Crippen LogP) is 3.22. The molecule has 0 spiro atoms. The van der Waals surface area contributed by atoms with Crippen molar-refractivity contribution in [1.29, 1.82) is 0 Å². The first-order valence-corrected chi connectivity index (χ1v) is 12.3. The fourth-order valence-corrected chi connectivity index (χ4v) is 4.97. The number of nitrogens with one attached hydrogen (secondary N) is 5. The van der Waals surface area contributed by atoms with Gasteiger partial charge in [-0.1, -0.05) is 0 Å². The molecule has 0 saturated carbocycles. The number of benzene rings is 2. The standard InChI is InChI=1S/C28H28N6O4/c1-15(35)31-17-5-7-23-19(11-17)21(13-30-23)25-26(28(38)33-27(25)37)22-14-34(10-4-9-29-3)24-8-6-18(12-20(22)24)32-16(2)36/h5-8,11-14,29-30H,4,9-10H2,1-3H3,(H,31,35)(H,32,36)(H,33,37,38). The SMILES string of the molecule is CNCCCn1cc(C2=C(c3c[nH]c4ccc(NC(C)=O)cc34)C(=O)NC2=O)c2cc(NC(C)=O)ccc21. The molecule has 0 aliphatic carbocycles. The summed E-state index contributed by atoms with van der Waals surface area (Å²) in [5.41, 5.74) is 4.49. The van der Waals surface area contributed by atoms with E-state index in [9.17, 15) is 19.2 Å². The average Bonchev–Trinajstić information content (AvgIpc) is 3.51. The number of imide groups is 1. The lowest BCUT2D eigenvalue weighted by atomic mass is 9.95. The Labute approximate surface area is 218 Å². The monoisotopic (exact) mass is 512 g/mol. The predicted molar refractivity (Wildman–Crippen MR) is 147 cm³/mol. The van der Waals surface area contributed by atoms with Crippen LogP contribution in [0, 0.1) is 0 Å². The number of carbonyl (C=O) groups is 4. The number of H-pyrrole nitrogens is 1. The lowest BCUT2D eigenvalue weighted by Gasteiger charge is -2.07. The fraction of sp³-hybridized carbons (Fsp3) is 0.214. The zero-order valence-electron chi connectivity index (χ0n) is 21.3. The van der Waals surface area contributed by atoms with E-state index in [4.69, 9.17) is 0 Å². The highest BCUT2D eigenvalue weighted by Crippen LogP contribution is 2.39. The van der Waals surface area contributed by atoms with Gasteiger partial charge in [0.15, 0.2) is 0 Å². The van der Waals surface area contributed by atoms with Crippen molar-refractivity contribution in [3.05, 3.63) is 59.9 Å². The first kappa shape index (κ1) is 25.0. The highest BCUT2D eigenvalue weighted by atomic mass is 16.2. The third-order valence-electron chi connectivity index (χ3n) is 6.50. The summed E-state index contributed by atoms with van der Waals surface area (Å²) >= 11 is 0. The van der Waals surface area contributed by atoms with E-state index in [2.05, 4.69) is 30.8 Å². The van der Waals surface area contributed by atoms with Crippen LogP contribution in [-0.4, -0.2) is 46.8 Å². The largest absolute Gasteiger partial charge is 0.361 e. The molecule has 2 aromatic carbocycles. The molecule has 2 aromatic heterocycles. The number of carbonyl (C=O) groups excluding carboxylic acids is 4. The second-order valence-corrected chi connectivity index (χ2v) is 9.28. The molecule has 0 radical (unpaired) electrons. The van der Waals surface area contributed by atoms with Crippen LogP contribution in [-0.2, 0) is 25.7 Å². The molecule has 5 rings (SSSR count). The van der Waals surface area contributed by atoms with Crippen LogP contribution in [0.4, 0.5) is 11.4 Å². The Bertz CT molecular complexity index is 1660. The van der Waals surface area contributed by atoms with Crippen LogP contribution >= 0.6 is 0 Å². The van der Waals surface area contributed by atoms with Gasteiger partial charge in [-0.2, -0.15) is 0 Å². The summed E-state index contributed by atoms with van der Waals surface area (Å²) in [5, 5.41) is 12.6. The van der Waals surface area contributed by atoms with Gasteiger partial charge in [0.2, 0.25) is 11.8 Å². The summed E-state index contributed by atoms with van der Waals surface area (Å²) in [4.78, 5) is 53.0. The van der Waals surface area contributed by atoms with Gasteiger partial charge in [-0.3, -0.25) is 24.5 Å². The number of aryl methyl sites for hydroxylation is 1. The van der Waals surface area contributed by atoms with Crippen LogP contribution in [0.5, 0.6) is 0 Å². The Morgan fingerprint density at radius 2 is 1.50 bits per heavy atom. The third-order valence-corrected chi connectivity index (χ3v) is 6.50.